The second-order valence-electron chi connectivity index (χ2n) is 9.18. The van der Waals surface area contributed by atoms with Gasteiger partial charge in [-0.1, -0.05) is 0 Å². The number of hydrogen-bond acceptors (Lipinski definition) is 10. The van der Waals surface area contributed by atoms with Crippen LogP contribution in [0.3, 0.4) is 0 Å². The number of halogens is 1. The van der Waals surface area contributed by atoms with Gasteiger partial charge in [0.05, 0.1) is 24.6 Å². The van der Waals surface area contributed by atoms with Crippen LogP contribution in [-0.2, 0) is 20.2 Å². The molecule has 33 heavy (non-hydrogen) atoms. The first kappa shape index (κ1) is 23.8. The topological polar surface area (TPSA) is 121 Å². The lowest BCUT2D eigenvalue weighted by atomic mass is 9.94. The average Bonchev–Trinajstić information content (AvgIpc) is 3.26. The van der Waals surface area contributed by atoms with Gasteiger partial charge in [0, 0.05) is 19.3 Å². The quantitative estimate of drug-likeness (QED) is 0.581. The lowest BCUT2D eigenvalue weighted by Gasteiger charge is -2.35. The van der Waals surface area contributed by atoms with E-state index in [1.165, 1.54) is 26.2 Å². The number of sulfone groups is 1. The summed E-state index contributed by atoms with van der Waals surface area (Å²) in [4.78, 5) is 14.2. The molecule has 0 amide bonds. The predicted molar refractivity (Wildman–Crippen MR) is 117 cm³/mol. The van der Waals surface area contributed by atoms with Crippen LogP contribution in [0.5, 0.6) is 5.88 Å². The molecule has 1 aliphatic heterocycles. The molecule has 2 aromatic heterocycles. The first-order valence-corrected chi connectivity index (χ1v) is 13.1. The van der Waals surface area contributed by atoms with Gasteiger partial charge < -0.3 is 18.9 Å². The van der Waals surface area contributed by atoms with Gasteiger partial charge in [-0.15, -0.1) is 0 Å². The molecule has 0 aromatic carbocycles. The largest absolute Gasteiger partial charge is 0.473 e. The summed E-state index contributed by atoms with van der Waals surface area (Å²) in [6.45, 7) is 4.26. The SMILES string of the molecule is CC(C)(F)c1nc(N2CCC(O[C@H]3CC[C@H](Oc4cnc(S(C)(=O)=O)cn4)CC3)CC2)no1. The van der Waals surface area contributed by atoms with Crippen LogP contribution in [0.4, 0.5) is 10.3 Å². The Kier molecular flexibility index (Phi) is 6.85. The van der Waals surface area contributed by atoms with Crippen molar-refractivity contribution in [3.05, 3.63) is 18.3 Å². The summed E-state index contributed by atoms with van der Waals surface area (Å²) in [5, 5.41) is 3.85. The van der Waals surface area contributed by atoms with E-state index in [2.05, 4.69) is 20.1 Å². The Hall–Kier alpha value is -2.34. The highest BCUT2D eigenvalue weighted by molar-refractivity contribution is 7.90. The molecule has 2 fully saturated rings. The number of alkyl halides is 1. The summed E-state index contributed by atoms with van der Waals surface area (Å²) in [6.07, 6.45) is 9.18. The molecule has 4 rings (SSSR count). The van der Waals surface area contributed by atoms with E-state index in [0.717, 1.165) is 57.9 Å². The molecule has 0 radical (unpaired) electrons. The minimum absolute atomic E-state index is 0.00725. The fourth-order valence-electron chi connectivity index (χ4n) is 4.06. The van der Waals surface area contributed by atoms with E-state index in [4.69, 9.17) is 14.0 Å². The highest BCUT2D eigenvalue weighted by Crippen LogP contribution is 2.29. The number of rotatable bonds is 7. The van der Waals surface area contributed by atoms with Crippen molar-refractivity contribution in [3.8, 4) is 5.88 Å². The van der Waals surface area contributed by atoms with Crippen molar-refractivity contribution >= 4 is 15.8 Å². The summed E-state index contributed by atoms with van der Waals surface area (Å²) in [5.74, 6) is 0.756. The molecule has 2 aliphatic rings. The van der Waals surface area contributed by atoms with Gasteiger partial charge in [0.1, 0.15) is 6.10 Å². The van der Waals surface area contributed by atoms with Gasteiger partial charge in [-0.2, -0.15) is 4.98 Å². The fraction of sp³-hybridized carbons (Fsp3) is 0.714. The van der Waals surface area contributed by atoms with Gasteiger partial charge >= 0.3 is 0 Å². The number of nitrogens with zero attached hydrogens (tertiary/aromatic N) is 5. The first-order chi connectivity index (χ1) is 15.6. The minimum Gasteiger partial charge on any atom is -0.473 e. The van der Waals surface area contributed by atoms with Crippen LogP contribution in [0.2, 0.25) is 0 Å². The summed E-state index contributed by atoms with van der Waals surface area (Å²) in [6, 6.07) is 0. The minimum atomic E-state index is -3.37. The Morgan fingerprint density at radius 2 is 1.67 bits per heavy atom. The molecule has 1 saturated heterocycles. The number of piperidine rings is 1. The van der Waals surface area contributed by atoms with Crippen LogP contribution in [0, 0.1) is 0 Å². The Balaban J connectivity index is 1.19. The third kappa shape index (κ3) is 6.17. The zero-order chi connectivity index (χ0) is 23.6. The molecule has 2 aromatic rings. The summed E-state index contributed by atoms with van der Waals surface area (Å²) in [7, 11) is -3.37. The van der Waals surface area contributed by atoms with Gasteiger partial charge in [-0.3, -0.25) is 0 Å². The normalized spacial score (nSPS) is 23.0. The van der Waals surface area contributed by atoms with Gasteiger partial charge in [0.25, 0.3) is 11.8 Å². The second kappa shape index (κ2) is 9.49. The first-order valence-electron chi connectivity index (χ1n) is 11.2. The van der Waals surface area contributed by atoms with Crippen molar-refractivity contribution in [2.75, 3.05) is 24.2 Å². The van der Waals surface area contributed by atoms with Gasteiger partial charge in [0.2, 0.25) is 5.88 Å². The summed E-state index contributed by atoms with van der Waals surface area (Å²) in [5.41, 5.74) is -1.65. The van der Waals surface area contributed by atoms with Crippen molar-refractivity contribution in [2.24, 2.45) is 0 Å². The van der Waals surface area contributed by atoms with E-state index in [-0.39, 0.29) is 29.2 Å². The number of ether oxygens (including phenoxy) is 2. The molecule has 12 heteroatoms. The molecular formula is C21H30FN5O5S. The monoisotopic (exact) mass is 483 g/mol. The smallest absolute Gasteiger partial charge is 0.266 e. The Morgan fingerprint density at radius 1 is 1.03 bits per heavy atom. The molecule has 0 N–H and O–H groups in total. The molecule has 182 valence electrons. The van der Waals surface area contributed by atoms with Crippen molar-refractivity contribution in [3.63, 3.8) is 0 Å². The van der Waals surface area contributed by atoms with Crippen molar-refractivity contribution in [2.45, 2.75) is 81.4 Å². The maximum Gasteiger partial charge on any atom is 0.266 e. The van der Waals surface area contributed by atoms with Crippen molar-refractivity contribution in [1.29, 1.82) is 0 Å². The van der Waals surface area contributed by atoms with E-state index in [9.17, 15) is 12.8 Å². The number of anilines is 1. The zero-order valence-corrected chi connectivity index (χ0v) is 19.9. The predicted octanol–water partition coefficient (Wildman–Crippen LogP) is 2.84. The Labute approximate surface area is 192 Å². The summed E-state index contributed by atoms with van der Waals surface area (Å²) >= 11 is 0. The van der Waals surface area contributed by atoms with Crippen LogP contribution in [-0.4, -0.2) is 66.2 Å². The van der Waals surface area contributed by atoms with Crippen LogP contribution in [0.15, 0.2) is 21.9 Å². The molecule has 0 unspecified atom stereocenters. The van der Waals surface area contributed by atoms with Gasteiger partial charge in [0.15, 0.2) is 20.5 Å². The van der Waals surface area contributed by atoms with Crippen molar-refractivity contribution in [1.82, 2.24) is 20.1 Å². The van der Waals surface area contributed by atoms with Gasteiger partial charge in [-0.25, -0.2) is 22.8 Å². The average molecular weight is 484 g/mol. The van der Waals surface area contributed by atoms with E-state index in [1.54, 1.807) is 0 Å². The molecular weight excluding hydrogens is 453 g/mol. The number of aromatic nitrogens is 4. The molecule has 0 atom stereocenters. The molecule has 0 bridgehead atoms. The summed E-state index contributed by atoms with van der Waals surface area (Å²) < 4.78 is 54.2. The third-order valence-corrected chi connectivity index (χ3v) is 6.90. The lowest BCUT2D eigenvalue weighted by Crippen LogP contribution is -2.40. The van der Waals surface area contributed by atoms with E-state index in [0.29, 0.717) is 11.8 Å². The lowest BCUT2D eigenvalue weighted by molar-refractivity contribution is -0.0532. The highest BCUT2D eigenvalue weighted by Gasteiger charge is 2.31. The molecule has 0 spiro atoms. The Morgan fingerprint density at radius 3 is 2.21 bits per heavy atom. The van der Waals surface area contributed by atoms with E-state index in [1.807, 2.05) is 4.90 Å². The zero-order valence-electron chi connectivity index (χ0n) is 19.1. The van der Waals surface area contributed by atoms with Crippen LogP contribution >= 0.6 is 0 Å². The third-order valence-electron chi connectivity index (χ3n) is 5.93. The van der Waals surface area contributed by atoms with Gasteiger partial charge in [-0.05, 0) is 57.5 Å². The van der Waals surface area contributed by atoms with E-state index < -0.39 is 15.5 Å². The maximum atomic E-state index is 14.0. The fourth-order valence-corrected chi connectivity index (χ4v) is 4.55. The van der Waals surface area contributed by atoms with Crippen LogP contribution in [0.1, 0.15) is 58.3 Å². The Bertz CT molecular complexity index is 1020. The highest BCUT2D eigenvalue weighted by atomic mass is 32.2. The molecule has 1 aliphatic carbocycles. The van der Waals surface area contributed by atoms with E-state index >= 15 is 0 Å². The molecule has 1 saturated carbocycles. The molecule has 10 nitrogen and oxygen atoms in total. The maximum absolute atomic E-state index is 14.0. The second-order valence-corrected chi connectivity index (χ2v) is 11.1. The van der Waals surface area contributed by atoms with Crippen LogP contribution in [0.25, 0.3) is 0 Å². The van der Waals surface area contributed by atoms with Crippen molar-refractivity contribution < 1.29 is 26.8 Å². The number of hydrogen-bond donors (Lipinski definition) is 0. The van der Waals surface area contributed by atoms with Crippen LogP contribution < -0.4 is 9.64 Å². The standard InChI is InChI=1S/C21H30FN5O5S/c1-21(2,22)19-25-20(26-32-19)27-10-8-16(9-11-27)30-14-4-6-15(7-5-14)31-17-12-24-18(13-23-17)33(3,28)29/h12-16H,4-11H2,1-3H3/t14-,15-. The molecule has 3 heterocycles.